The lowest BCUT2D eigenvalue weighted by Gasteiger charge is -2.45. The van der Waals surface area contributed by atoms with E-state index in [9.17, 15) is 5.11 Å². The molecule has 0 saturated carbocycles. The average molecular weight is 272 g/mol. The molecule has 1 rings (SSSR count). The summed E-state index contributed by atoms with van der Waals surface area (Å²) >= 11 is 0. The van der Waals surface area contributed by atoms with Crippen molar-refractivity contribution in [1.29, 1.82) is 0 Å². The number of aliphatic hydroxyl groups is 1. The number of hydrogen-bond acceptors (Lipinski definition) is 2. The minimum absolute atomic E-state index is 0.133. The first-order valence-corrected chi connectivity index (χ1v) is 10.2. The van der Waals surface area contributed by atoms with Gasteiger partial charge in [0.25, 0.3) is 0 Å². The second kappa shape index (κ2) is 6.53. The molecule has 0 aromatic rings. The van der Waals surface area contributed by atoms with E-state index in [4.69, 9.17) is 0 Å². The fourth-order valence-electron chi connectivity index (χ4n) is 4.25. The maximum absolute atomic E-state index is 10.6. The van der Waals surface area contributed by atoms with E-state index >= 15 is 0 Å². The van der Waals surface area contributed by atoms with Gasteiger partial charge in [-0.3, -0.25) is 0 Å². The lowest BCUT2D eigenvalue weighted by Crippen LogP contribution is -2.50. The van der Waals surface area contributed by atoms with Crippen molar-refractivity contribution in [3.63, 3.8) is 0 Å². The van der Waals surface area contributed by atoms with Crippen LogP contribution < -0.4 is 5.32 Å². The molecule has 0 amide bonds. The molecule has 0 bridgehead atoms. The first-order chi connectivity index (χ1) is 8.32. The van der Waals surface area contributed by atoms with Crippen molar-refractivity contribution in [3.05, 3.63) is 0 Å². The van der Waals surface area contributed by atoms with Crippen LogP contribution in [0.3, 0.4) is 0 Å². The maximum atomic E-state index is 10.6. The fraction of sp³-hybridized carbons (Fsp3) is 1.00. The monoisotopic (exact) mass is 271 g/mol. The Bertz CT molecular complexity index is 225. The predicted octanol–water partition coefficient (Wildman–Crippen LogP) is 3.78. The minimum Gasteiger partial charge on any atom is -0.392 e. The van der Waals surface area contributed by atoms with E-state index in [1.807, 2.05) is 0 Å². The third-order valence-electron chi connectivity index (χ3n) is 5.35. The summed E-state index contributed by atoms with van der Waals surface area (Å²) in [6.07, 6.45) is 2.24. The summed E-state index contributed by atoms with van der Waals surface area (Å²) in [7, 11) is -1.45. The van der Waals surface area contributed by atoms with Crippen molar-refractivity contribution in [3.8, 4) is 0 Å². The largest absolute Gasteiger partial charge is 0.392 e. The van der Waals surface area contributed by atoms with Gasteiger partial charge in [0.1, 0.15) is 0 Å². The van der Waals surface area contributed by atoms with E-state index in [1.165, 1.54) is 6.42 Å². The van der Waals surface area contributed by atoms with Gasteiger partial charge < -0.3 is 10.4 Å². The summed E-state index contributed by atoms with van der Waals surface area (Å²) < 4.78 is 0. The number of rotatable bonds is 6. The highest BCUT2D eigenvalue weighted by Gasteiger charge is 2.45. The molecule has 2 N–H and O–H groups in total. The summed E-state index contributed by atoms with van der Waals surface area (Å²) in [5.41, 5.74) is 2.23. The van der Waals surface area contributed by atoms with Gasteiger partial charge in [0, 0.05) is 6.04 Å². The Labute approximate surface area is 115 Å². The normalized spacial score (nSPS) is 23.3. The van der Waals surface area contributed by atoms with E-state index in [2.05, 4.69) is 46.9 Å². The Morgan fingerprint density at radius 2 is 1.56 bits per heavy atom. The van der Waals surface area contributed by atoms with Crippen LogP contribution in [0.5, 0.6) is 0 Å². The molecule has 18 heavy (non-hydrogen) atoms. The summed E-state index contributed by atoms with van der Waals surface area (Å²) in [4.78, 5) is 0. The highest BCUT2D eigenvalue weighted by atomic mass is 28.3. The van der Waals surface area contributed by atoms with Gasteiger partial charge in [0.2, 0.25) is 0 Å². The van der Waals surface area contributed by atoms with E-state index in [0.717, 1.165) is 35.6 Å². The van der Waals surface area contributed by atoms with Crippen molar-refractivity contribution < 1.29 is 5.11 Å². The van der Waals surface area contributed by atoms with Gasteiger partial charge in [0.15, 0.2) is 0 Å². The Kier molecular flexibility index (Phi) is 5.88. The molecule has 1 aliphatic heterocycles. The Morgan fingerprint density at radius 1 is 1.06 bits per heavy atom. The second-order valence-electron chi connectivity index (χ2n) is 7.05. The van der Waals surface area contributed by atoms with Crippen LogP contribution >= 0.6 is 0 Å². The van der Waals surface area contributed by atoms with Gasteiger partial charge in [-0.25, -0.2) is 0 Å². The van der Waals surface area contributed by atoms with Gasteiger partial charge in [0.05, 0.1) is 14.2 Å². The Morgan fingerprint density at radius 3 is 1.89 bits per heavy atom. The van der Waals surface area contributed by atoms with Crippen molar-refractivity contribution >= 4 is 8.07 Å². The fourth-order valence-corrected chi connectivity index (χ4v) is 10.7. The van der Waals surface area contributed by atoms with Crippen LogP contribution in [0.15, 0.2) is 0 Å². The molecular weight excluding hydrogens is 238 g/mol. The molecule has 3 heteroatoms. The lowest BCUT2D eigenvalue weighted by atomic mass is 10.1. The Hall–Kier alpha value is 0.137. The molecule has 0 spiro atoms. The van der Waals surface area contributed by atoms with Crippen molar-refractivity contribution in [2.75, 3.05) is 6.54 Å². The topological polar surface area (TPSA) is 32.3 Å². The summed E-state index contributed by atoms with van der Waals surface area (Å²) in [6.45, 7) is 15.3. The van der Waals surface area contributed by atoms with E-state index in [-0.39, 0.29) is 6.10 Å². The maximum Gasteiger partial charge on any atom is 0.0670 e. The zero-order valence-electron chi connectivity index (χ0n) is 13.2. The van der Waals surface area contributed by atoms with Crippen LogP contribution in [0.25, 0.3) is 0 Å². The molecule has 2 nitrogen and oxygen atoms in total. The zero-order valence-corrected chi connectivity index (χ0v) is 14.2. The molecule has 1 heterocycles. The first-order valence-electron chi connectivity index (χ1n) is 7.73. The first kappa shape index (κ1) is 16.2. The molecule has 0 radical (unpaired) electrons. The van der Waals surface area contributed by atoms with Crippen LogP contribution in [-0.4, -0.2) is 31.9 Å². The Balaban J connectivity index is 2.83. The van der Waals surface area contributed by atoms with Crippen molar-refractivity contribution in [1.82, 2.24) is 5.32 Å². The molecule has 0 aliphatic carbocycles. The summed E-state index contributed by atoms with van der Waals surface area (Å²) in [6, 6.07) is 1.42. The molecular formula is C15H33NOSi. The smallest absolute Gasteiger partial charge is 0.0670 e. The zero-order chi connectivity index (χ0) is 13.9. The molecule has 108 valence electrons. The summed E-state index contributed by atoms with van der Waals surface area (Å²) in [5.74, 6) is 0. The molecule has 0 unspecified atom stereocenters. The molecule has 1 saturated heterocycles. The second-order valence-corrected chi connectivity index (χ2v) is 13.1. The number of nitrogens with one attached hydrogen (secondary N) is 1. The van der Waals surface area contributed by atoms with E-state index < -0.39 is 8.07 Å². The minimum atomic E-state index is -1.45. The van der Waals surface area contributed by atoms with Crippen LogP contribution in [0.4, 0.5) is 0 Å². The molecule has 0 aromatic heterocycles. The number of aliphatic hydroxyl groups excluding tert-OH is 1. The highest BCUT2D eigenvalue weighted by Crippen LogP contribution is 2.45. The van der Waals surface area contributed by atoms with Gasteiger partial charge in [-0.1, -0.05) is 58.2 Å². The van der Waals surface area contributed by atoms with Gasteiger partial charge in [-0.05, 0) is 25.4 Å². The third kappa shape index (κ3) is 3.17. The molecule has 1 fully saturated rings. The van der Waals surface area contributed by atoms with E-state index in [1.54, 1.807) is 0 Å². The lowest BCUT2D eigenvalue weighted by molar-refractivity contribution is 0.151. The van der Waals surface area contributed by atoms with Crippen molar-refractivity contribution in [2.24, 2.45) is 0 Å². The predicted molar refractivity (Wildman–Crippen MR) is 82.9 cm³/mol. The van der Waals surface area contributed by atoms with Crippen LogP contribution in [0, 0.1) is 0 Å². The number of hydrogen-bond donors (Lipinski definition) is 2. The van der Waals surface area contributed by atoms with Crippen LogP contribution in [-0.2, 0) is 0 Å². The third-order valence-corrected chi connectivity index (χ3v) is 12.9. The average Bonchev–Trinajstić information content (AvgIpc) is 2.77. The molecule has 0 aromatic carbocycles. The SMILES string of the molecule is CC(C)[Si](C[C@@H](O)[C@@H]1CCCN1)(C(C)C)C(C)C. The molecule has 1 aliphatic rings. The summed E-state index contributed by atoms with van der Waals surface area (Å²) in [5, 5.41) is 14.1. The van der Waals surface area contributed by atoms with Gasteiger partial charge in [-0.15, -0.1) is 0 Å². The van der Waals surface area contributed by atoms with Gasteiger partial charge in [-0.2, -0.15) is 0 Å². The van der Waals surface area contributed by atoms with Gasteiger partial charge >= 0.3 is 0 Å². The highest BCUT2D eigenvalue weighted by molar-refractivity contribution is 6.83. The quantitative estimate of drug-likeness (QED) is 0.721. The standard InChI is InChI=1S/C15H33NOSi/c1-11(2)18(12(3)4,13(5)6)10-15(17)14-8-7-9-16-14/h11-17H,7-10H2,1-6H3/t14-,15+/m0/s1. The van der Waals surface area contributed by atoms with E-state index in [0.29, 0.717) is 6.04 Å². The van der Waals surface area contributed by atoms with Crippen LogP contribution in [0.2, 0.25) is 22.7 Å². The van der Waals surface area contributed by atoms with Crippen molar-refractivity contribution in [2.45, 2.75) is 89.2 Å². The molecule has 2 atom stereocenters. The van der Waals surface area contributed by atoms with Crippen LogP contribution in [0.1, 0.15) is 54.4 Å².